The zero-order valence-corrected chi connectivity index (χ0v) is 10.4. The molecule has 5 heteroatoms. The molecule has 2 atom stereocenters. The molecule has 0 spiro atoms. The third-order valence-corrected chi connectivity index (χ3v) is 5.32. The second-order valence-electron chi connectivity index (χ2n) is 5.20. The molecule has 2 N–H and O–H groups in total. The van der Waals surface area contributed by atoms with E-state index in [4.69, 9.17) is 10.3 Å². The molecule has 0 bridgehead atoms. The maximum atomic E-state index is 6.12. The predicted molar refractivity (Wildman–Crippen MR) is 66.1 cm³/mol. The van der Waals surface area contributed by atoms with Gasteiger partial charge in [-0.2, -0.15) is 4.98 Å². The molecule has 4 nitrogen and oxygen atoms in total. The molecule has 4 rings (SSSR count). The van der Waals surface area contributed by atoms with Gasteiger partial charge in [-0.15, -0.1) is 11.8 Å². The fourth-order valence-corrected chi connectivity index (χ4v) is 4.33. The highest BCUT2D eigenvalue weighted by Gasteiger charge is 2.41. The third-order valence-electron chi connectivity index (χ3n) is 3.98. The first-order valence-corrected chi connectivity index (χ1v) is 7.21. The summed E-state index contributed by atoms with van der Waals surface area (Å²) in [6.45, 7) is 0. The standard InChI is InChI=1S/C12H15N3OS/c13-10-9(7-2-1-3-8(7)17-10)12-14-11(15-16-12)6-4-5-6/h6-8H,1-5,13H2. The Morgan fingerprint density at radius 3 is 2.94 bits per heavy atom. The smallest absolute Gasteiger partial charge is 0.256 e. The van der Waals surface area contributed by atoms with Crippen molar-refractivity contribution in [2.24, 2.45) is 11.7 Å². The molecule has 3 aliphatic rings. The fourth-order valence-electron chi connectivity index (χ4n) is 2.92. The summed E-state index contributed by atoms with van der Waals surface area (Å²) in [5.41, 5.74) is 7.25. The molecule has 1 aliphatic heterocycles. The lowest BCUT2D eigenvalue weighted by Crippen LogP contribution is -2.06. The van der Waals surface area contributed by atoms with E-state index in [1.54, 1.807) is 11.8 Å². The maximum absolute atomic E-state index is 6.12. The SMILES string of the molecule is NC1=C(c2nc(C3CC3)no2)C2CCCC2S1. The van der Waals surface area contributed by atoms with Crippen LogP contribution in [0.5, 0.6) is 0 Å². The summed E-state index contributed by atoms with van der Waals surface area (Å²) in [6, 6.07) is 0. The number of fused-ring (bicyclic) bond motifs is 1. The van der Waals surface area contributed by atoms with Crippen LogP contribution < -0.4 is 5.73 Å². The van der Waals surface area contributed by atoms with E-state index in [0.29, 0.717) is 23.0 Å². The average Bonchev–Trinajstić information content (AvgIpc) is 2.75. The lowest BCUT2D eigenvalue weighted by Gasteiger charge is -2.08. The van der Waals surface area contributed by atoms with Gasteiger partial charge in [0.15, 0.2) is 5.82 Å². The Morgan fingerprint density at radius 2 is 2.12 bits per heavy atom. The molecule has 17 heavy (non-hydrogen) atoms. The summed E-state index contributed by atoms with van der Waals surface area (Å²) >= 11 is 1.80. The summed E-state index contributed by atoms with van der Waals surface area (Å²) in [7, 11) is 0. The number of aromatic nitrogens is 2. The normalized spacial score (nSPS) is 32.2. The number of hydrogen-bond donors (Lipinski definition) is 1. The monoisotopic (exact) mass is 249 g/mol. The maximum Gasteiger partial charge on any atom is 0.256 e. The van der Waals surface area contributed by atoms with Crippen LogP contribution >= 0.6 is 11.8 Å². The third kappa shape index (κ3) is 1.52. The molecule has 2 heterocycles. The van der Waals surface area contributed by atoms with E-state index in [0.717, 1.165) is 16.4 Å². The van der Waals surface area contributed by atoms with E-state index < -0.39 is 0 Å². The zero-order chi connectivity index (χ0) is 11.4. The van der Waals surface area contributed by atoms with Crippen molar-refractivity contribution in [3.63, 3.8) is 0 Å². The molecule has 0 saturated heterocycles. The number of allylic oxidation sites excluding steroid dienone is 1. The number of nitrogens with two attached hydrogens (primary N) is 1. The molecule has 0 aromatic carbocycles. The van der Waals surface area contributed by atoms with Crippen LogP contribution in [0.2, 0.25) is 0 Å². The van der Waals surface area contributed by atoms with Gasteiger partial charge in [0.05, 0.1) is 10.6 Å². The van der Waals surface area contributed by atoms with E-state index in [1.807, 2.05) is 0 Å². The van der Waals surface area contributed by atoms with Crippen molar-refractivity contribution < 1.29 is 4.52 Å². The highest BCUT2D eigenvalue weighted by Crippen LogP contribution is 2.52. The Balaban J connectivity index is 1.69. The van der Waals surface area contributed by atoms with Gasteiger partial charge in [0.1, 0.15) is 0 Å². The first-order valence-electron chi connectivity index (χ1n) is 6.33. The number of rotatable bonds is 2. The largest absolute Gasteiger partial charge is 0.393 e. The van der Waals surface area contributed by atoms with Gasteiger partial charge in [0.2, 0.25) is 0 Å². The van der Waals surface area contributed by atoms with Crippen LogP contribution in [0.25, 0.3) is 5.57 Å². The molecule has 1 aromatic heterocycles. The Bertz CT molecular complexity index is 492. The molecule has 2 fully saturated rings. The first-order chi connectivity index (χ1) is 8.33. The predicted octanol–water partition coefficient (Wildman–Crippen LogP) is 2.49. The van der Waals surface area contributed by atoms with Crippen LogP contribution in [0.3, 0.4) is 0 Å². The van der Waals surface area contributed by atoms with Crippen LogP contribution in [0, 0.1) is 5.92 Å². The van der Waals surface area contributed by atoms with Crippen molar-refractivity contribution in [2.75, 3.05) is 0 Å². The molecule has 0 radical (unpaired) electrons. The van der Waals surface area contributed by atoms with Gasteiger partial charge in [0, 0.05) is 17.1 Å². The van der Waals surface area contributed by atoms with Crippen molar-refractivity contribution in [2.45, 2.75) is 43.3 Å². The van der Waals surface area contributed by atoms with E-state index in [2.05, 4.69) is 10.1 Å². The lowest BCUT2D eigenvalue weighted by molar-refractivity contribution is 0.396. The summed E-state index contributed by atoms with van der Waals surface area (Å²) in [5.74, 6) is 2.66. The van der Waals surface area contributed by atoms with Gasteiger partial charge < -0.3 is 10.3 Å². The van der Waals surface area contributed by atoms with Crippen molar-refractivity contribution in [3.05, 3.63) is 16.7 Å². The highest BCUT2D eigenvalue weighted by molar-refractivity contribution is 8.04. The van der Waals surface area contributed by atoms with E-state index in [9.17, 15) is 0 Å². The number of nitrogens with zero attached hydrogens (tertiary/aromatic N) is 2. The molecule has 1 aromatic rings. The van der Waals surface area contributed by atoms with E-state index in [-0.39, 0.29) is 0 Å². The van der Waals surface area contributed by atoms with Crippen LogP contribution in [0.1, 0.15) is 49.7 Å². The Hall–Kier alpha value is -0.970. The van der Waals surface area contributed by atoms with Crippen LogP contribution in [0.4, 0.5) is 0 Å². The van der Waals surface area contributed by atoms with Crippen molar-refractivity contribution >= 4 is 17.3 Å². The molecule has 2 unspecified atom stereocenters. The van der Waals surface area contributed by atoms with Gasteiger partial charge in [-0.1, -0.05) is 11.6 Å². The summed E-state index contributed by atoms with van der Waals surface area (Å²) < 4.78 is 5.42. The summed E-state index contributed by atoms with van der Waals surface area (Å²) in [6.07, 6.45) is 6.18. The minimum atomic E-state index is 0.544. The topological polar surface area (TPSA) is 64.9 Å². The lowest BCUT2D eigenvalue weighted by atomic mass is 9.98. The Labute approximate surface area is 104 Å². The molecule has 2 aliphatic carbocycles. The van der Waals surface area contributed by atoms with Gasteiger partial charge in [-0.05, 0) is 25.7 Å². The Kier molecular flexibility index (Phi) is 2.06. The second kappa shape index (κ2) is 3.51. The molecular weight excluding hydrogens is 234 g/mol. The fraction of sp³-hybridized carbons (Fsp3) is 0.667. The highest BCUT2D eigenvalue weighted by atomic mass is 32.2. The van der Waals surface area contributed by atoms with Crippen molar-refractivity contribution in [1.29, 1.82) is 0 Å². The number of hydrogen-bond acceptors (Lipinski definition) is 5. The molecular formula is C12H15N3OS. The van der Waals surface area contributed by atoms with Crippen molar-refractivity contribution in [1.82, 2.24) is 10.1 Å². The minimum Gasteiger partial charge on any atom is -0.393 e. The molecule has 90 valence electrons. The quantitative estimate of drug-likeness (QED) is 0.872. The van der Waals surface area contributed by atoms with E-state index >= 15 is 0 Å². The van der Waals surface area contributed by atoms with Gasteiger partial charge in [0.25, 0.3) is 5.89 Å². The minimum absolute atomic E-state index is 0.544. The average molecular weight is 249 g/mol. The van der Waals surface area contributed by atoms with Crippen molar-refractivity contribution in [3.8, 4) is 0 Å². The summed E-state index contributed by atoms with van der Waals surface area (Å²) in [4.78, 5) is 4.54. The number of thioether (sulfide) groups is 1. The zero-order valence-electron chi connectivity index (χ0n) is 9.56. The van der Waals surface area contributed by atoms with Gasteiger partial charge >= 0.3 is 0 Å². The summed E-state index contributed by atoms with van der Waals surface area (Å²) in [5, 5.41) is 5.65. The van der Waals surface area contributed by atoms with Gasteiger partial charge in [-0.25, -0.2) is 0 Å². The molecule has 0 amide bonds. The second-order valence-corrected chi connectivity index (χ2v) is 6.48. The van der Waals surface area contributed by atoms with E-state index in [1.165, 1.54) is 32.1 Å². The Morgan fingerprint density at radius 1 is 1.24 bits per heavy atom. The first kappa shape index (κ1) is 10.00. The van der Waals surface area contributed by atoms with Crippen LogP contribution in [-0.2, 0) is 0 Å². The van der Waals surface area contributed by atoms with Gasteiger partial charge in [-0.3, -0.25) is 0 Å². The van der Waals surface area contributed by atoms with Crippen LogP contribution in [0.15, 0.2) is 9.55 Å². The molecule has 2 saturated carbocycles. The van der Waals surface area contributed by atoms with Crippen LogP contribution in [-0.4, -0.2) is 15.4 Å².